The number of nitrogens with one attached hydrogen (secondary N) is 1. The molecule has 0 aliphatic heterocycles. The second kappa shape index (κ2) is 4.88. The number of alkyl halides is 2. The second-order valence-corrected chi connectivity index (χ2v) is 4.44. The molecule has 0 spiro atoms. The van der Waals surface area contributed by atoms with Gasteiger partial charge in [0.2, 0.25) is 5.91 Å². The molecule has 3 N–H and O–H groups in total. The maximum atomic E-state index is 11.9. The Morgan fingerprint density at radius 1 is 1.60 bits per heavy atom. The first kappa shape index (κ1) is 12.4. The smallest absolute Gasteiger partial charge is 0.255 e. The van der Waals surface area contributed by atoms with Crippen LogP contribution in [0.2, 0.25) is 0 Å². The van der Waals surface area contributed by atoms with E-state index >= 15 is 0 Å². The number of amides is 1. The van der Waals surface area contributed by atoms with Crippen LogP contribution < -0.4 is 11.1 Å². The van der Waals surface area contributed by atoms with Crippen LogP contribution in [0.5, 0.6) is 0 Å². The first-order valence-corrected chi connectivity index (χ1v) is 5.28. The lowest BCUT2D eigenvalue weighted by Gasteiger charge is -2.37. The third-order valence-corrected chi connectivity index (χ3v) is 3.00. The van der Waals surface area contributed by atoms with E-state index in [-0.39, 0.29) is 11.8 Å². The number of nitrogens with two attached hydrogens (primary N) is 1. The van der Waals surface area contributed by atoms with Gasteiger partial charge in [-0.15, -0.1) is 0 Å². The number of carbonyl (C=O) groups excluding carboxylic acids is 1. The zero-order valence-corrected chi connectivity index (χ0v) is 8.93. The van der Waals surface area contributed by atoms with Gasteiger partial charge in [0.25, 0.3) is 6.43 Å². The molecule has 0 aromatic carbocycles. The van der Waals surface area contributed by atoms with Gasteiger partial charge in [0.15, 0.2) is 0 Å². The van der Waals surface area contributed by atoms with Crippen LogP contribution in [0.4, 0.5) is 8.78 Å². The molecule has 0 saturated heterocycles. The molecule has 88 valence electrons. The van der Waals surface area contributed by atoms with Crippen molar-refractivity contribution >= 4 is 5.91 Å². The van der Waals surface area contributed by atoms with Crippen LogP contribution in [-0.4, -0.2) is 24.4 Å². The summed E-state index contributed by atoms with van der Waals surface area (Å²) < 4.78 is 23.8. The lowest BCUT2D eigenvalue weighted by atomic mass is 9.74. The molecule has 0 radical (unpaired) electrons. The number of hydrogen-bond donors (Lipinski definition) is 2. The summed E-state index contributed by atoms with van der Waals surface area (Å²) in [5.41, 5.74) is 5.43. The highest BCUT2D eigenvalue weighted by molar-refractivity contribution is 5.80. The largest absolute Gasteiger partial charge is 0.350 e. The van der Waals surface area contributed by atoms with E-state index in [0.717, 1.165) is 19.3 Å². The highest BCUT2D eigenvalue weighted by Gasteiger charge is 2.37. The molecule has 5 heteroatoms. The second-order valence-electron chi connectivity index (χ2n) is 4.44. The average molecular weight is 220 g/mol. The molecule has 1 amide bonds. The lowest BCUT2D eigenvalue weighted by molar-refractivity contribution is -0.128. The Hall–Kier alpha value is -0.710. The minimum atomic E-state index is -2.50. The zero-order valence-electron chi connectivity index (χ0n) is 8.93. The van der Waals surface area contributed by atoms with E-state index in [0.29, 0.717) is 6.42 Å². The minimum absolute atomic E-state index is 0.329. The molecular weight excluding hydrogens is 202 g/mol. The van der Waals surface area contributed by atoms with Gasteiger partial charge in [-0.1, -0.05) is 12.8 Å². The van der Waals surface area contributed by atoms with Gasteiger partial charge in [0, 0.05) is 5.54 Å². The summed E-state index contributed by atoms with van der Waals surface area (Å²) in [6, 6.07) is 0. The summed E-state index contributed by atoms with van der Waals surface area (Å²) in [4.78, 5) is 11.6. The standard InChI is InChI=1S/C10H18F2N2O/c1-10(13)5-3-2-4-7(10)9(15)14-6-8(11)12/h7-8H,2-6,13H2,1H3,(H,14,15). The van der Waals surface area contributed by atoms with E-state index in [9.17, 15) is 13.6 Å². The highest BCUT2D eigenvalue weighted by atomic mass is 19.3. The molecule has 1 saturated carbocycles. The van der Waals surface area contributed by atoms with Gasteiger partial charge < -0.3 is 11.1 Å². The Morgan fingerprint density at radius 3 is 2.80 bits per heavy atom. The topological polar surface area (TPSA) is 55.1 Å². The van der Waals surface area contributed by atoms with Crippen molar-refractivity contribution in [2.24, 2.45) is 11.7 Å². The van der Waals surface area contributed by atoms with E-state index in [4.69, 9.17) is 5.73 Å². The lowest BCUT2D eigenvalue weighted by Crippen LogP contribution is -2.53. The first-order chi connectivity index (χ1) is 6.93. The number of halogens is 2. The van der Waals surface area contributed by atoms with Gasteiger partial charge in [-0.3, -0.25) is 4.79 Å². The molecule has 2 atom stereocenters. The van der Waals surface area contributed by atoms with Crippen LogP contribution in [0.15, 0.2) is 0 Å². The SMILES string of the molecule is CC1(N)CCCCC1C(=O)NCC(F)F. The van der Waals surface area contributed by atoms with Crippen molar-refractivity contribution in [3.8, 4) is 0 Å². The molecule has 1 aliphatic rings. The van der Waals surface area contributed by atoms with E-state index < -0.39 is 18.5 Å². The Bertz CT molecular complexity index is 231. The molecule has 3 nitrogen and oxygen atoms in total. The summed E-state index contributed by atoms with van der Waals surface area (Å²) >= 11 is 0. The molecular formula is C10H18F2N2O. The molecule has 1 fully saturated rings. The molecule has 1 rings (SSSR count). The first-order valence-electron chi connectivity index (χ1n) is 5.28. The average Bonchev–Trinajstić information content (AvgIpc) is 2.13. The minimum Gasteiger partial charge on any atom is -0.350 e. The van der Waals surface area contributed by atoms with Crippen molar-refractivity contribution in [3.05, 3.63) is 0 Å². The van der Waals surface area contributed by atoms with Crippen LogP contribution in [0.25, 0.3) is 0 Å². The van der Waals surface area contributed by atoms with Gasteiger partial charge in [0.1, 0.15) is 0 Å². The fourth-order valence-corrected chi connectivity index (χ4v) is 2.09. The highest BCUT2D eigenvalue weighted by Crippen LogP contribution is 2.31. The summed E-state index contributed by atoms with van der Waals surface area (Å²) in [6.07, 6.45) is 0.925. The number of rotatable bonds is 3. The maximum Gasteiger partial charge on any atom is 0.255 e. The van der Waals surface area contributed by atoms with Crippen LogP contribution in [0.1, 0.15) is 32.6 Å². The van der Waals surface area contributed by atoms with Crippen LogP contribution in [0, 0.1) is 5.92 Å². The Labute approximate surface area is 88.4 Å². The summed E-state index contributed by atoms with van der Waals surface area (Å²) in [7, 11) is 0. The predicted molar refractivity (Wildman–Crippen MR) is 53.6 cm³/mol. The molecule has 0 heterocycles. The van der Waals surface area contributed by atoms with E-state index in [1.54, 1.807) is 0 Å². The van der Waals surface area contributed by atoms with Crippen molar-refractivity contribution in [2.75, 3.05) is 6.54 Å². The van der Waals surface area contributed by atoms with Crippen molar-refractivity contribution in [3.63, 3.8) is 0 Å². The fraction of sp³-hybridized carbons (Fsp3) is 0.900. The van der Waals surface area contributed by atoms with Crippen LogP contribution in [0.3, 0.4) is 0 Å². The number of carbonyl (C=O) groups is 1. The normalized spacial score (nSPS) is 31.7. The summed E-state index contributed by atoms with van der Waals surface area (Å²) in [5.74, 6) is -0.662. The zero-order chi connectivity index (χ0) is 11.5. The van der Waals surface area contributed by atoms with Crippen molar-refractivity contribution < 1.29 is 13.6 Å². The van der Waals surface area contributed by atoms with Crippen molar-refractivity contribution in [2.45, 2.75) is 44.6 Å². The van der Waals surface area contributed by atoms with Gasteiger partial charge in [-0.05, 0) is 19.8 Å². The van der Waals surface area contributed by atoms with Gasteiger partial charge >= 0.3 is 0 Å². The van der Waals surface area contributed by atoms with E-state index in [2.05, 4.69) is 5.32 Å². The Balaban J connectivity index is 2.49. The van der Waals surface area contributed by atoms with Gasteiger partial charge in [-0.2, -0.15) is 0 Å². The Kier molecular flexibility index (Phi) is 4.02. The quantitative estimate of drug-likeness (QED) is 0.752. The summed E-state index contributed by atoms with van der Waals surface area (Å²) in [5, 5.41) is 2.24. The van der Waals surface area contributed by atoms with Gasteiger partial charge in [0.05, 0.1) is 12.5 Å². The molecule has 15 heavy (non-hydrogen) atoms. The molecule has 0 aromatic rings. The fourth-order valence-electron chi connectivity index (χ4n) is 2.09. The van der Waals surface area contributed by atoms with Crippen LogP contribution >= 0.6 is 0 Å². The van der Waals surface area contributed by atoms with E-state index in [1.165, 1.54) is 0 Å². The monoisotopic (exact) mass is 220 g/mol. The molecule has 0 aromatic heterocycles. The maximum absolute atomic E-state index is 11.9. The third kappa shape index (κ3) is 3.41. The molecule has 1 aliphatic carbocycles. The predicted octanol–water partition coefficient (Wildman–Crippen LogP) is 1.28. The summed E-state index contributed by atoms with van der Waals surface area (Å²) in [6.45, 7) is 1.24. The van der Waals surface area contributed by atoms with Crippen molar-refractivity contribution in [1.29, 1.82) is 0 Å². The van der Waals surface area contributed by atoms with Crippen molar-refractivity contribution in [1.82, 2.24) is 5.32 Å². The third-order valence-electron chi connectivity index (χ3n) is 3.00. The molecule has 2 unspecified atom stereocenters. The van der Waals surface area contributed by atoms with Gasteiger partial charge in [-0.25, -0.2) is 8.78 Å². The molecule has 0 bridgehead atoms. The Morgan fingerprint density at radius 2 is 2.27 bits per heavy atom. The van der Waals surface area contributed by atoms with E-state index in [1.807, 2.05) is 6.92 Å². The van der Waals surface area contributed by atoms with Crippen LogP contribution in [-0.2, 0) is 4.79 Å². The number of hydrogen-bond acceptors (Lipinski definition) is 2.